The Morgan fingerprint density at radius 2 is 0.781 bits per heavy atom. The minimum absolute atomic E-state index is 0.0243. The standard InChI is InChI=1S/C57H58N6O8S2/c1-62-37-51(66)60-47(38-72-56(40-21-9-3-10-22-40,41-23-11-4-12-24-41)42-25-13-5-14-26-42)53(69)58-35-49(64)61-48(55(71)63(2)36-50(65)59-46(54(62)70)33-34-52(67)68)39-73-57(43-27-15-6-16-28-43,44-29-17-7-18-30-44)45-31-19-8-20-32-45/h3-32,46-48H,33-39H2,1-2H3,(H,58,69)(H,59,65)(H,60,66)(H,61,64)(H,67,68)/t46-,47-,48-/m0/s1. The molecule has 0 saturated carbocycles. The molecule has 1 aliphatic heterocycles. The van der Waals surface area contributed by atoms with Crippen molar-refractivity contribution >= 4 is 64.9 Å². The summed E-state index contributed by atoms with van der Waals surface area (Å²) in [6, 6.07) is 54.7. The highest BCUT2D eigenvalue weighted by Crippen LogP contribution is 2.50. The Morgan fingerprint density at radius 1 is 0.479 bits per heavy atom. The van der Waals surface area contributed by atoms with E-state index in [0.29, 0.717) is 0 Å². The highest BCUT2D eigenvalue weighted by Gasteiger charge is 2.41. The van der Waals surface area contributed by atoms with Crippen molar-refractivity contribution in [1.82, 2.24) is 31.1 Å². The number of hydrogen-bond acceptors (Lipinski definition) is 9. The SMILES string of the molecule is CN1CC(=O)N[C@@H](CSC(c2ccccc2)(c2ccccc2)c2ccccc2)C(=O)NCC(=O)N[C@@H](CSC(c2ccccc2)(c2ccccc2)c2ccccc2)C(=O)N(C)CC(=O)N[C@@H](CCC(=O)O)C1=O. The number of likely N-dealkylation sites (N-methyl/N-ethyl adjacent to an activating group) is 2. The van der Waals surface area contributed by atoms with Crippen molar-refractivity contribution in [2.45, 2.75) is 40.5 Å². The Hall–Kier alpha value is -7.69. The molecular formula is C57H58N6O8S2. The van der Waals surface area contributed by atoms with Gasteiger partial charge in [0, 0.05) is 32.0 Å². The van der Waals surface area contributed by atoms with Gasteiger partial charge in [0.05, 0.1) is 29.1 Å². The number of carboxylic acid groups (broad SMARTS) is 1. The summed E-state index contributed by atoms with van der Waals surface area (Å²) in [6.07, 6.45) is -0.810. The van der Waals surface area contributed by atoms with Gasteiger partial charge in [-0.3, -0.25) is 33.6 Å². The number of aliphatic carboxylic acids is 1. The Bertz CT molecular complexity index is 2640. The molecule has 0 bridgehead atoms. The zero-order chi connectivity index (χ0) is 51.8. The predicted molar refractivity (Wildman–Crippen MR) is 284 cm³/mol. The van der Waals surface area contributed by atoms with Crippen LogP contribution >= 0.6 is 23.5 Å². The summed E-state index contributed by atoms with van der Waals surface area (Å²) in [5.74, 6) is -5.58. The van der Waals surface area contributed by atoms with Crippen LogP contribution < -0.4 is 21.3 Å². The van der Waals surface area contributed by atoms with Gasteiger partial charge in [0.2, 0.25) is 35.4 Å². The molecule has 5 N–H and O–H groups in total. The molecule has 3 atom stereocenters. The van der Waals surface area contributed by atoms with Gasteiger partial charge in [0.1, 0.15) is 18.1 Å². The number of hydrogen-bond donors (Lipinski definition) is 5. The first kappa shape index (κ1) is 53.1. The molecule has 73 heavy (non-hydrogen) atoms. The lowest BCUT2D eigenvalue weighted by atomic mass is 9.84. The summed E-state index contributed by atoms with van der Waals surface area (Å²) < 4.78 is -1.82. The lowest BCUT2D eigenvalue weighted by Gasteiger charge is -2.37. The maximum Gasteiger partial charge on any atom is 0.303 e. The minimum atomic E-state index is -1.39. The quantitative estimate of drug-likeness (QED) is 0.0785. The van der Waals surface area contributed by atoms with E-state index in [9.17, 15) is 38.7 Å². The maximum absolute atomic E-state index is 14.7. The van der Waals surface area contributed by atoms with Crippen LogP contribution in [0.5, 0.6) is 0 Å². The molecule has 0 aromatic heterocycles. The fourth-order valence-electron chi connectivity index (χ4n) is 8.97. The van der Waals surface area contributed by atoms with Crippen LogP contribution in [-0.4, -0.2) is 120 Å². The van der Waals surface area contributed by atoms with Crippen LogP contribution in [0.15, 0.2) is 182 Å². The maximum atomic E-state index is 14.7. The average Bonchev–Trinajstić information content (AvgIpc) is 3.42. The van der Waals surface area contributed by atoms with Crippen molar-refractivity contribution in [1.29, 1.82) is 0 Å². The molecule has 0 radical (unpaired) electrons. The van der Waals surface area contributed by atoms with E-state index < -0.39 is 95.1 Å². The second-order valence-electron chi connectivity index (χ2n) is 17.6. The molecule has 376 valence electrons. The molecule has 16 heteroatoms. The topological polar surface area (TPSA) is 194 Å². The lowest BCUT2D eigenvalue weighted by Crippen LogP contribution is -2.57. The molecule has 1 heterocycles. The van der Waals surface area contributed by atoms with Gasteiger partial charge in [-0.25, -0.2) is 0 Å². The number of amides is 6. The van der Waals surface area contributed by atoms with Crippen molar-refractivity contribution in [3.8, 4) is 0 Å². The zero-order valence-corrected chi connectivity index (χ0v) is 42.2. The number of rotatable bonds is 15. The van der Waals surface area contributed by atoms with Gasteiger partial charge in [-0.05, 0) is 39.8 Å². The van der Waals surface area contributed by atoms with E-state index >= 15 is 0 Å². The fraction of sp³-hybridized carbons (Fsp3) is 0.246. The largest absolute Gasteiger partial charge is 0.481 e. The molecule has 7 rings (SSSR count). The lowest BCUT2D eigenvalue weighted by molar-refractivity contribution is -0.142. The molecule has 0 unspecified atom stereocenters. The summed E-state index contributed by atoms with van der Waals surface area (Å²) in [6.45, 7) is -1.71. The number of carboxylic acids is 1. The normalized spacial score (nSPS) is 17.9. The van der Waals surface area contributed by atoms with E-state index in [1.54, 1.807) is 0 Å². The molecule has 6 aromatic carbocycles. The van der Waals surface area contributed by atoms with Gasteiger partial charge in [-0.15, -0.1) is 23.5 Å². The van der Waals surface area contributed by atoms with Crippen molar-refractivity contribution in [2.24, 2.45) is 0 Å². The Kier molecular flexibility index (Phi) is 18.3. The van der Waals surface area contributed by atoms with E-state index in [2.05, 4.69) is 21.3 Å². The number of nitrogens with one attached hydrogen (secondary N) is 4. The summed E-state index contributed by atoms with van der Waals surface area (Å²) in [4.78, 5) is 99.1. The molecule has 14 nitrogen and oxygen atoms in total. The molecular weight excluding hydrogens is 961 g/mol. The van der Waals surface area contributed by atoms with Crippen LogP contribution in [-0.2, 0) is 43.1 Å². The summed E-state index contributed by atoms with van der Waals surface area (Å²) in [7, 11) is 2.72. The second kappa shape index (κ2) is 25.1. The predicted octanol–water partition coefficient (Wildman–Crippen LogP) is 5.80. The third kappa shape index (κ3) is 13.1. The number of carbonyl (C=O) groups is 7. The van der Waals surface area contributed by atoms with Gasteiger partial charge in [0.15, 0.2) is 0 Å². The summed E-state index contributed by atoms with van der Waals surface area (Å²) in [5.41, 5.74) is 5.41. The minimum Gasteiger partial charge on any atom is -0.481 e. The van der Waals surface area contributed by atoms with Gasteiger partial charge in [0.25, 0.3) is 0 Å². The van der Waals surface area contributed by atoms with Crippen LogP contribution in [0.2, 0.25) is 0 Å². The monoisotopic (exact) mass is 1020 g/mol. The molecule has 1 saturated heterocycles. The van der Waals surface area contributed by atoms with E-state index in [0.717, 1.165) is 43.2 Å². The van der Waals surface area contributed by atoms with E-state index in [1.165, 1.54) is 37.6 Å². The fourth-order valence-corrected chi connectivity index (χ4v) is 12.1. The highest BCUT2D eigenvalue weighted by molar-refractivity contribution is 8.01. The molecule has 6 amide bonds. The first-order chi connectivity index (χ1) is 35.3. The van der Waals surface area contributed by atoms with Crippen molar-refractivity contribution in [3.05, 3.63) is 215 Å². The first-order valence-corrected chi connectivity index (χ1v) is 25.8. The van der Waals surface area contributed by atoms with Crippen LogP contribution in [0.4, 0.5) is 0 Å². The molecule has 0 spiro atoms. The van der Waals surface area contributed by atoms with Gasteiger partial charge in [-0.1, -0.05) is 182 Å². The smallest absolute Gasteiger partial charge is 0.303 e. The van der Waals surface area contributed by atoms with Crippen LogP contribution in [0, 0.1) is 0 Å². The van der Waals surface area contributed by atoms with Crippen LogP contribution in [0.1, 0.15) is 46.2 Å². The van der Waals surface area contributed by atoms with Crippen LogP contribution in [0.25, 0.3) is 0 Å². The molecule has 1 fully saturated rings. The van der Waals surface area contributed by atoms with E-state index in [4.69, 9.17) is 0 Å². The van der Waals surface area contributed by atoms with Crippen LogP contribution in [0.3, 0.4) is 0 Å². The molecule has 6 aromatic rings. The summed E-state index contributed by atoms with van der Waals surface area (Å²) >= 11 is 2.81. The van der Waals surface area contributed by atoms with E-state index in [1.807, 2.05) is 182 Å². The second-order valence-corrected chi connectivity index (χ2v) is 20.0. The summed E-state index contributed by atoms with van der Waals surface area (Å²) in [5, 5.41) is 20.5. The third-order valence-corrected chi connectivity index (χ3v) is 15.8. The number of thioether (sulfide) groups is 2. The van der Waals surface area contributed by atoms with Gasteiger partial charge in [-0.2, -0.15) is 0 Å². The highest BCUT2D eigenvalue weighted by atomic mass is 32.2. The number of benzene rings is 6. The number of nitrogens with zero attached hydrogens (tertiary/aromatic N) is 2. The number of carbonyl (C=O) groups excluding carboxylic acids is 6. The zero-order valence-electron chi connectivity index (χ0n) is 40.5. The van der Waals surface area contributed by atoms with Gasteiger partial charge >= 0.3 is 5.97 Å². The average molecular weight is 1020 g/mol. The Labute approximate surface area is 433 Å². The van der Waals surface area contributed by atoms with Crippen molar-refractivity contribution in [3.63, 3.8) is 0 Å². The Balaban J connectivity index is 1.25. The Morgan fingerprint density at radius 3 is 1.12 bits per heavy atom. The molecule has 0 aliphatic carbocycles. The van der Waals surface area contributed by atoms with Crippen molar-refractivity contribution in [2.75, 3.05) is 45.2 Å². The van der Waals surface area contributed by atoms with E-state index in [-0.39, 0.29) is 17.9 Å². The van der Waals surface area contributed by atoms with Gasteiger partial charge < -0.3 is 36.2 Å². The van der Waals surface area contributed by atoms with Crippen molar-refractivity contribution < 1.29 is 38.7 Å². The molecule has 1 aliphatic rings. The third-order valence-electron chi connectivity index (χ3n) is 12.5. The first-order valence-electron chi connectivity index (χ1n) is 23.8.